The van der Waals surface area contributed by atoms with E-state index < -0.39 is 0 Å². The van der Waals surface area contributed by atoms with Crippen molar-refractivity contribution in [1.82, 2.24) is 5.32 Å². The van der Waals surface area contributed by atoms with E-state index in [0.29, 0.717) is 19.4 Å². The van der Waals surface area contributed by atoms with Crippen LogP contribution >= 0.6 is 0 Å². The molecule has 0 saturated carbocycles. The summed E-state index contributed by atoms with van der Waals surface area (Å²) in [5.41, 5.74) is 0. The minimum absolute atomic E-state index is 0.0747. The van der Waals surface area contributed by atoms with Crippen LogP contribution in [0.4, 0.5) is 0 Å². The van der Waals surface area contributed by atoms with E-state index in [1.54, 1.807) is 0 Å². The molecule has 0 unspecified atom stereocenters. The molecule has 3 heteroatoms. The van der Waals surface area contributed by atoms with Crippen LogP contribution in [-0.2, 0) is 9.59 Å². The fourth-order valence-corrected chi connectivity index (χ4v) is 0.782. The van der Waals surface area contributed by atoms with Crippen molar-refractivity contribution in [2.24, 2.45) is 0 Å². The highest BCUT2D eigenvalue weighted by molar-refractivity contribution is 5.79. The Bertz CT molecular complexity index is 143. The summed E-state index contributed by atoms with van der Waals surface area (Å²) in [5.74, 6) is 0.149. The molecule has 0 aliphatic carbocycles. The smallest absolute Gasteiger partial charge is 0.216 e. The van der Waals surface area contributed by atoms with Crippen molar-refractivity contribution < 1.29 is 9.59 Å². The average Bonchev–Trinajstić information content (AvgIpc) is 1.87. The predicted octanol–water partition coefficient (Wildman–Crippen LogP) is 0.882. The third-order valence-corrected chi connectivity index (χ3v) is 1.31. The van der Waals surface area contributed by atoms with Crippen LogP contribution in [0.5, 0.6) is 0 Å². The third kappa shape index (κ3) is 7.03. The van der Waals surface area contributed by atoms with Crippen LogP contribution < -0.4 is 5.32 Å². The van der Waals surface area contributed by atoms with E-state index in [2.05, 4.69) is 5.32 Å². The number of nitrogens with one attached hydrogen (secondary N) is 1. The summed E-state index contributed by atoms with van der Waals surface area (Å²) < 4.78 is 0. The van der Waals surface area contributed by atoms with Gasteiger partial charge in [-0.3, -0.25) is 9.59 Å². The highest BCUT2D eigenvalue weighted by atomic mass is 16.1. The van der Waals surface area contributed by atoms with Gasteiger partial charge in [-0.15, -0.1) is 0 Å². The molecular formula is C8H15NO2. The molecule has 0 aromatic heterocycles. The minimum atomic E-state index is -0.0747. The molecule has 0 bridgehead atoms. The van der Waals surface area contributed by atoms with Gasteiger partial charge in [-0.05, 0) is 6.42 Å². The summed E-state index contributed by atoms with van der Waals surface area (Å²) in [6.45, 7) is 3.90. The van der Waals surface area contributed by atoms with E-state index in [4.69, 9.17) is 0 Å². The van der Waals surface area contributed by atoms with Gasteiger partial charge in [0.15, 0.2) is 0 Å². The Morgan fingerprint density at radius 3 is 2.36 bits per heavy atom. The number of hydrogen-bond acceptors (Lipinski definition) is 2. The first kappa shape index (κ1) is 10.1. The summed E-state index contributed by atoms with van der Waals surface area (Å²) in [7, 11) is 0. The number of ketones is 1. The zero-order valence-electron chi connectivity index (χ0n) is 7.14. The molecule has 1 amide bonds. The highest BCUT2D eigenvalue weighted by Gasteiger charge is 1.99. The maximum atomic E-state index is 10.9. The van der Waals surface area contributed by atoms with Gasteiger partial charge in [0.1, 0.15) is 5.78 Å². The van der Waals surface area contributed by atoms with Gasteiger partial charge in [0.25, 0.3) is 0 Å². The Kier molecular flexibility index (Phi) is 5.43. The van der Waals surface area contributed by atoms with Crippen LogP contribution in [0.2, 0.25) is 0 Å². The first-order chi connectivity index (χ1) is 5.16. The summed E-state index contributed by atoms with van der Waals surface area (Å²) >= 11 is 0. The van der Waals surface area contributed by atoms with Crippen LogP contribution in [0.15, 0.2) is 0 Å². The largest absolute Gasteiger partial charge is 0.356 e. The van der Waals surface area contributed by atoms with Crippen LogP contribution in [0.1, 0.15) is 33.1 Å². The number of hydrogen-bond donors (Lipinski definition) is 1. The van der Waals surface area contributed by atoms with Gasteiger partial charge in [-0.25, -0.2) is 0 Å². The Morgan fingerprint density at radius 2 is 1.91 bits per heavy atom. The molecular weight excluding hydrogens is 142 g/mol. The molecule has 3 nitrogen and oxygen atoms in total. The van der Waals surface area contributed by atoms with E-state index in [9.17, 15) is 9.59 Å². The quantitative estimate of drug-likeness (QED) is 0.644. The van der Waals surface area contributed by atoms with Gasteiger partial charge >= 0.3 is 0 Å². The number of rotatable bonds is 5. The highest BCUT2D eigenvalue weighted by Crippen LogP contribution is 1.92. The van der Waals surface area contributed by atoms with Crippen molar-refractivity contribution in [3.05, 3.63) is 0 Å². The SMILES string of the molecule is CCCC(=O)CCNC(C)=O. The Morgan fingerprint density at radius 1 is 1.27 bits per heavy atom. The lowest BCUT2D eigenvalue weighted by Gasteiger charge is -1.99. The average molecular weight is 157 g/mol. The van der Waals surface area contributed by atoms with E-state index in [1.165, 1.54) is 6.92 Å². The second kappa shape index (κ2) is 5.89. The first-order valence-electron chi connectivity index (χ1n) is 3.93. The number of carbonyl (C=O) groups is 2. The maximum absolute atomic E-state index is 10.9. The fourth-order valence-electron chi connectivity index (χ4n) is 0.782. The van der Waals surface area contributed by atoms with E-state index >= 15 is 0 Å². The second-order valence-electron chi connectivity index (χ2n) is 2.52. The number of Topliss-reactive ketones (excluding diaryl/α,β-unsaturated/α-hetero) is 1. The van der Waals surface area contributed by atoms with Crippen LogP contribution in [-0.4, -0.2) is 18.2 Å². The molecule has 0 radical (unpaired) electrons. The first-order valence-corrected chi connectivity index (χ1v) is 3.93. The van der Waals surface area contributed by atoms with Crippen LogP contribution in [0.25, 0.3) is 0 Å². The van der Waals surface area contributed by atoms with E-state index in [1.807, 2.05) is 6.92 Å². The standard InChI is InChI=1S/C8H15NO2/c1-3-4-8(11)5-6-9-7(2)10/h3-6H2,1-2H3,(H,9,10). The van der Waals surface area contributed by atoms with Gasteiger partial charge < -0.3 is 5.32 Å². The topological polar surface area (TPSA) is 46.2 Å². The van der Waals surface area contributed by atoms with E-state index in [-0.39, 0.29) is 11.7 Å². The number of amides is 1. The van der Waals surface area contributed by atoms with Crippen molar-refractivity contribution >= 4 is 11.7 Å². The van der Waals surface area contributed by atoms with Gasteiger partial charge in [0, 0.05) is 26.3 Å². The van der Waals surface area contributed by atoms with Crippen LogP contribution in [0.3, 0.4) is 0 Å². The third-order valence-electron chi connectivity index (χ3n) is 1.31. The summed E-state index contributed by atoms with van der Waals surface area (Å²) in [4.78, 5) is 21.2. The lowest BCUT2D eigenvalue weighted by Crippen LogP contribution is -2.22. The minimum Gasteiger partial charge on any atom is -0.356 e. The monoisotopic (exact) mass is 157 g/mol. The Balaban J connectivity index is 3.24. The van der Waals surface area contributed by atoms with Crippen molar-refractivity contribution in [2.75, 3.05) is 6.54 Å². The van der Waals surface area contributed by atoms with Gasteiger partial charge in [-0.2, -0.15) is 0 Å². The summed E-state index contributed by atoms with van der Waals surface area (Å²) in [5, 5.41) is 2.58. The maximum Gasteiger partial charge on any atom is 0.216 e. The molecule has 0 heterocycles. The molecule has 0 aromatic carbocycles. The lowest BCUT2D eigenvalue weighted by molar-refractivity contribution is -0.120. The summed E-state index contributed by atoms with van der Waals surface area (Å²) in [6, 6.07) is 0. The molecule has 11 heavy (non-hydrogen) atoms. The van der Waals surface area contributed by atoms with Gasteiger partial charge in [0.05, 0.1) is 0 Å². The zero-order valence-corrected chi connectivity index (χ0v) is 7.14. The second-order valence-corrected chi connectivity index (χ2v) is 2.52. The molecule has 64 valence electrons. The van der Waals surface area contributed by atoms with Crippen molar-refractivity contribution in [3.8, 4) is 0 Å². The molecule has 0 aromatic rings. The molecule has 0 aliphatic heterocycles. The molecule has 0 rings (SSSR count). The Hall–Kier alpha value is -0.860. The van der Waals surface area contributed by atoms with Crippen molar-refractivity contribution in [2.45, 2.75) is 33.1 Å². The summed E-state index contributed by atoms with van der Waals surface area (Å²) in [6.07, 6.45) is 1.98. The normalized spacial score (nSPS) is 9.27. The Labute approximate surface area is 67.2 Å². The van der Waals surface area contributed by atoms with Crippen molar-refractivity contribution in [3.63, 3.8) is 0 Å². The molecule has 0 spiro atoms. The van der Waals surface area contributed by atoms with E-state index in [0.717, 1.165) is 6.42 Å². The molecule has 0 atom stereocenters. The number of carbonyl (C=O) groups excluding carboxylic acids is 2. The van der Waals surface area contributed by atoms with Crippen LogP contribution in [0, 0.1) is 0 Å². The fraction of sp³-hybridized carbons (Fsp3) is 0.750. The molecule has 1 N–H and O–H groups in total. The zero-order chi connectivity index (χ0) is 8.69. The molecule has 0 fully saturated rings. The van der Waals surface area contributed by atoms with Gasteiger partial charge in [-0.1, -0.05) is 6.92 Å². The van der Waals surface area contributed by atoms with Gasteiger partial charge in [0.2, 0.25) is 5.91 Å². The predicted molar refractivity (Wildman–Crippen MR) is 43.2 cm³/mol. The van der Waals surface area contributed by atoms with Crippen molar-refractivity contribution in [1.29, 1.82) is 0 Å². The molecule has 0 aliphatic rings. The lowest BCUT2D eigenvalue weighted by atomic mass is 10.2. The molecule has 0 saturated heterocycles.